The molecule has 0 bridgehead atoms. The minimum atomic E-state index is 0.0767. The van der Waals surface area contributed by atoms with Gasteiger partial charge in [0, 0.05) is 12.6 Å². The van der Waals surface area contributed by atoms with Crippen molar-refractivity contribution in [3.63, 3.8) is 0 Å². The molecule has 1 unspecified atom stereocenters. The van der Waals surface area contributed by atoms with Gasteiger partial charge in [-0.25, -0.2) is 4.68 Å². The molecule has 0 aliphatic carbocycles. The fourth-order valence-electron chi connectivity index (χ4n) is 2.44. The van der Waals surface area contributed by atoms with E-state index in [9.17, 15) is 4.79 Å². The number of hydrogen-bond acceptors (Lipinski definition) is 5. The summed E-state index contributed by atoms with van der Waals surface area (Å²) in [6.45, 7) is 7.22. The molecule has 7 heteroatoms. The Balaban J connectivity index is 1.92. The van der Waals surface area contributed by atoms with Gasteiger partial charge in [0.05, 0.1) is 0 Å². The molecule has 1 aliphatic rings. The molecule has 106 valence electrons. The summed E-state index contributed by atoms with van der Waals surface area (Å²) in [5.41, 5.74) is 0. The fourth-order valence-corrected chi connectivity index (χ4v) is 2.44. The topological polar surface area (TPSA) is 75.9 Å². The van der Waals surface area contributed by atoms with Crippen molar-refractivity contribution in [1.29, 1.82) is 0 Å². The Morgan fingerprint density at radius 1 is 1.58 bits per heavy atom. The van der Waals surface area contributed by atoms with Crippen LogP contribution in [-0.4, -0.2) is 56.7 Å². The second kappa shape index (κ2) is 6.60. The average Bonchev–Trinajstić information content (AvgIpc) is 2.89. The van der Waals surface area contributed by atoms with E-state index < -0.39 is 0 Å². The lowest BCUT2D eigenvalue weighted by Crippen LogP contribution is -2.45. The molecular weight excluding hydrogens is 244 g/mol. The average molecular weight is 266 g/mol. The van der Waals surface area contributed by atoms with E-state index in [1.807, 2.05) is 18.7 Å². The molecule has 2 rings (SSSR count). The summed E-state index contributed by atoms with van der Waals surface area (Å²) in [5.74, 6) is 0.627. The van der Waals surface area contributed by atoms with Crippen molar-refractivity contribution >= 4 is 5.91 Å². The van der Waals surface area contributed by atoms with E-state index in [4.69, 9.17) is 0 Å². The van der Waals surface area contributed by atoms with E-state index >= 15 is 0 Å². The number of hydrogen-bond donors (Lipinski definition) is 1. The Labute approximate surface area is 113 Å². The van der Waals surface area contributed by atoms with Crippen LogP contribution in [0.3, 0.4) is 0 Å². The molecule has 7 nitrogen and oxygen atoms in total. The number of nitrogens with zero attached hydrogens (tertiary/aromatic N) is 5. The van der Waals surface area contributed by atoms with Crippen LogP contribution in [0.1, 0.15) is 26.7 Å². The maximum atomic E-state index is 12.3. The molecule has 0 aromatic carbocycles. The predicted octanol–water partition coefficient (Wildman–Crippen LogP) is -0.0903. The molecule has 0 spiro atoms. The van der Waals surface area contributed by atoms with Crippen molar-refractivity contribution in [1.82, 2.24) is 30.4 Å². The highest BCUT2D eigenvalue weighted by Crippen LogP contribution is 2.14. The summed E-state index contributed by atoms with van der Waals surface area (Å²) in [4.78, 5) is 14.2. The third-order valence-corrected chi connectivity index (χ3v) is 3.49. The van der Waals surface area contributed by atoms with Crippen LogP contribution in [0.2, 0.25) is 0 Å². The standard InChI is InChI=1S/C12H22N6O/c1-10(2)18(7-11-4-3-5-13-6-11)12(19)8-17-9-14-15-16-17/h9-11,13H,3-8H2,1-2H3. The second-order valence-corrected chi connectivity index (χ2v) is 5.36. The zero-order valence-electron chi connectivity index (χ0n) is 11.6. The van der Waals surface area contributed by atoms with Gasteiger partial charge in [0.1, 0.15) is 12.9 Å². The van der Waals surface area contributed by atoms with Crippen LogP contribution in [0.5, 0.6) is 0 Å². The zero-order valence-corrected chi connectivity index (χ0v) is 11.6. The van der Waals surface area contributed by atoms with Crippen molar-refractivity contribution in [3.05, 3.63) is 6.33 Å². The van der Waals surface area contributed by atoms with Gasteiger partial charge in [0.25, 0.3) is 0 Å². The maximum absolute atomic E-state index is 12.3. The minimum absolute atomic E-state index is 0.0767. The van der Waals surface area contributed by atoms with Gasteiger partial charge in [-0.2, -0.15) is 0 Å². The number of rotatable bonds is 5. The maximum Gasteiger partial charge on any atom is 0.244 e. The second-order valence-electron chi connectivity index (χ2n) is 5.36. The fraction of sp³-hybridized carbons (Fsp3) is 0.833. The molecular formula is C12H22N6O. The van der Waals surface area contributed by atoms with Crippen LogP contribution in [0.15, 0.2) is 6.33 Å². The number of carbonyl (C=O) groups is 1. The summed E-state index contributed by atoms with van der Waals surface area (Å²) in [6, 6.07) is 0.200. The molecule has 1 N–H and O–H groups in total. The Kier molecular flexibility index (Phi) is 4.84. The molecule has 1 aromatic rings. The zero-order chi connectivity index (χ0) is 13.7. The number of nitrogens with one attached hydrogen (secondary N) is 1. The molecule has 1 saturated heterocycles. The van der Waals surface area contributed by atoms with E-state index in [1.165, 1.54) is 23.9 Å². The van der Waals surface area contributed by atoms with Crippen molar-refractivity contribution in [2.45, 2.75) is 39.3 Å². The van der Waals surface area contributed by atoms with Crippen molar-refractivity contribution in [3.8, 4) is 0 Å². The summed E-state index contributed by atoms with van der Waals surface area (Å²) < 4.78 is 1.47. The van der Waals surface area contributed by atoms with Crippen LogP contribution >= 0.6 is 0 Å². The number of carbonyl (C=O) groups excluding carboxylic acids is 1. The molecule has 0 saturated carbocycles. The Morgan fingerprint density at radius 3 is 3.00 bits per heavy atom. The Morgan fingerprint density at radius 2 is 2.42 bits per heavy atom. The van der Waals surface area contributed by atoms with Gasteiger partial charge >= 0.3 is 0 Å². The number of piperidine rings is 1. The highest BCUT2D eigenvalue weighted by molar-refractivity contribution is 5.76. The van der Waals surface area contributed by atoms with E-state index in [2.05, 4.69) is 20.8 Å². The lowest BCUT2D eigenvalue weighted by molar-refractivity contribution is -0.134. The van der Waals surface area contributed by atoms with Gasteiger partial charge in [-0.3, -0.25) is 4.79 Å². The first kappa shape index (κ1) is 13.9. The SMILES string of the molecule is CC(C)N(CC1CCCNC1)C(=O)Cn1cnnn1. The van der Waals surface area contributed by atoms with Gasteiger partial charge in [-0.1, -0.05) is 0 Å². The van der Waals surface area contributed by atoms with E-state index in [0.29, 0.717) is 5.92 Å². The third-order valence-electron chi connectivity index (χ3n) is 3.49. The predicted molar refractivity (Wildman–Crippen MR) is 70.3 cm³/mol. The van der Waals surface area contributed by atoms with Crippen molar-refractivity contribution < 1.29 is 4.79 Å². The van der Waals surface area contributed by atoms with Crippen LogP contribution in [0, 0.1) is 5.92 Å². The van der Waals surface area contributed by atoms with E-state index in [0.717, 1.165) is 19.6 Å². The first-order chi connectivity index (χ1) is 9.16. The minimum Gasteiger partial charge on any atom is -0.338 e. The number of amides is 1. The molecule has 1 aromatic heterocycles. The molecule has 2 heterocycles. The first-order valence-electron chi connectivity index (χ1n) is 6.87. The lowest BCUT2D eigenvalue weighted by atomic mass is 9.98. The molecule has 1 atom stereocenters. The highest BCUT2D eigenvalue weighted by Gasteiger charge is 2.23. The monoisotopic (exact) mass is 266 g/mol. The number of tetrazole rings is 1. The van der Waals surface area contributed by atoms with Gasteiger partial charge in [-0.15, -0.1) is 5.10 Å². The Hall–Kier alpha value is -1.50. The smallest absolute Gasteiger partial charge is 0.244 e. The summed E-state index contributed by atoms with van der Waals surface area (Å²) >= 11 is 0. The molecule has 1 amide bonds. The van der Waals surface area contributed by atoms with Gasteiger partial charge in [-0.05, 0) is 56.1 Å². The normalized spacial score (nSPS) is 19.6. The van der Waals surface area contributed by atoms with Crippen molar-refractivity contribution in [2.75, 3.05) is 19.6 Å². The first-order valence-corrected chi connectivity index (χ1v) is 6.87. The van der Waals surface area contributed by atoms with E-state index in [-0.39, 0.29) is 18.5 Å². The van der Waals surface area contributed by atoms with Gasteiger partial charge < -0.3 is 10.2 Å². The summed E-state index contributed by atoms with van der Waals surface area (Å²) in [6.07, 6.45) is 3.85. The molecule has 1 fully saturated rings. The van der Waals surface area contributed by atoms with E-state index in [1.54, 1.807) is 0 Å². The van der Waals surface area contributed by atoms with Crippen LogP contribution in [0.25, 0.3) is 0 Å². The third kappa shape index (κ3) is 3.99. The van der Waals surface area contributed by atoms with Crippen LogP contribution < -0.4 is 5.32 Å². The lowest BCUT2D eigenvalue weighted by Gasteiger charge is -2.32. The molecule has 1 aliphatic heterocycles. The molecule has 19 heavy (non-hydrogen) atoms. The molecule has 0 radical (unpaired) electrons. The van der Waals surface area contributed by atoms with Gasteiger partial charge in [0.2, 0.25) is 5.91 Å². The van der Waals surface area contributed by atoms with Crippen molar-refractivity contribution in [2.24, 2.45) is 5.92 Å². The number of aromatic nitrogens is 4. The Bertz CT molecular complexity index is 385. The van der Waals surface area contributed by atoms with Crippen LogP contribution in [0.4, 0.5) is 0 Å². The van der Waals surface area contributed by atoms with Crippen LogP contribution in [-0.2, 0) is 11.3 Å². The summed E-state index contributed by atoms with van der Waals surface area (Å²) in [5, 5.41) is 14.2. The quantitative estimate of drug-likeness (QED) is 0.806. The summed E-state index contributed by atoms with van der Waals surface area (Å²) in [7, 11) is 0. The van der Waals surface area contributed by atoms with Gasteiger partial charge in [0.15, 0.2) is 0 Å². The highest BCUT2D eigenvalue weighted by atomic mass is 16.2. The largest absolute Gasteiger partial charge is 0.338 e.